The van der Waals surface area contributed by atoms with Crippen molar-refractivity contribution in [3.63, 3.8) is 0 Å². The van der Waals surface area contributed by atoms with Gasteiger partial charge in [0.25, 0.3) is 0 Å². The average molecular weight is 434 g/mol. The largest absolute Gasteiger partial charge is 0.484 e. The molecule has 32 heavy (non-hydrogen) atoms. The van der Waals surface area contributed by atoms with E-state index in [1.807, 2.05) is 19.9 Å². The molecular weight excluding hydrogens is 411 g/mol. The van der Waals surface area contributed by atoms with E-state index in [1.165, 1.54) is 18.3 Å². The van der Waals surface area contributed by atoms with Crippen molar-refractivity contribution >= 4 is 17.4 Å². The molecule has 1 aromatic heterocycles. The van der Waals surface area contributed by atoms with E-state index >= 15 is 0 Å². The fourth-order valence-corrected chi connectivity index (χ4v) is 4.10. The Bertz CT molecular complexity index is 1210. The molecule has 1 aliphatic rings. The molecule has 0 saturated carbocycles. The van der Waals surface area contributed by atoms with Crippen LogP contribution in [0.15, 0.2) is 54.9 Å². The van der Waals surface area contributed by atoms with Gasteiger partial charge in [-0.25, -0.2) is 9.18 Å². The predicted molar refractivity (Wildman–Crippen MR) is 118 cm³/mol. The number of benzene rings is 2. The molecule has 3 aromatic rings. The normalized spacial score (nSPS) is 18.4. The highest BCUT2D eigenvalue weighted by Gasteiger charge is 2.37. The second-order valence-corrected chi connectivity index (χ2v) is 8.08. The molecule has 4 rings (SSSR count). The van der Waals surface area contributed by atoms with Crippen molar-refractivity contribution in [3.05, 3.63) is 88.5 Å². The van der Waals surface area contributed by atoms with Crippen molar-refractivity contribution in [1.29, 1.82) is 0 Å². The zero-order chi connectivity index (χ0) is 23.0. The van der Waals surface area contributed by atoms with Crippen molar-refractivity contribution in [1.82, 2.24) is 4.98 Å². The first kappa shape index (κ1) is 21.5. The number of halogens is 1. The Hall–Kier alpha value is -3.74. The molecule has 1 aliphatic heterocycles. The molecule has 164 valence electrons. The molecule has 6 nitrogen and oxygen atoms in total. The Kier molecular flexibility index (Phi) is 5.65. The van der Waals surface area contributed by atoms with E-state index in [0.29, 0.717) is 22.6 Å². The fraction of sp³-hybridized carbons (Fsp3) is 0.240. The average Bonchev–Trinajstić information content (AvgIpc) is 2.76. The highest BCUT2D eigenvalue weighted by Crippen LogP contribution is 2.43. The van der Waals surface area contributed by atoms with E-state index < -0.39 is 23.8 Å². The van der Waals surface area contributed by atoms with Crippen LogP contribution < -0.4 is 10.1 Å². The van der Waals surface area contributed by atoms with Crippen LogP contribution in [0.3, 0.4) is 0 Å². The zero-order valence-corrected chi connectivity index (χ0v) is 17.9. The van der Waals surface area contributed by atoms with Crippen LogP contribution in [-0.2, 0) is 0 Å². The van der Waals surface area contributed by atoms with Crippen LogP contribution in [0.1, 0.15) is 63.4 Å². The van der Waals surface area contributed by atoms with Gasteiger partial charge in [0.05, 0.1) is 29.3 Å². The third-order valence-electron chi connectivity index (χ3n) is 5.69. The number of anilines is 1. The van der Waals surface area contributed by atoms with Crippen LogP contribution in [0.5, 0.6) is 5.75 Å². The number of carbonyl (C=O) groups excluding carboxylic acids is 1. The van der Waals surface area contributed by atoms with Gasteiger partial charge in [-0.3, -0.25) is 9.78 Å². The van der Waals surface area contributed by atoms with Gasteiger partial charge >= 0.3 is 5.97 Å². The fourth-order valence-electron chi connectivity index (χ4n) is 4.10. The number of hydrogen-bond acceptors (Lipinski definition) is 5. The van der Waals surface area contributed by atoms with E-state index in [0.717, 1.165) is 17.3 Å². The molecule has 2 N–H and O–H groups in total. The molecule has 7 heteroatoms. The Morgan fingerprint density at radius 2 is 1.97 bits per heavy atom. The summed E-state index contributed by atoms with van der Waals surface area (Å²) in [6.45, 7) is 5.52. The highest BCUT2D eigenvalue weighted by molar-refractivity contribution is 6.02. The summed E-state index contributed by atoms with van der Waals surface area (Å²) < 4.78 is 20.1. The summed E-state index contributed by atoms with van der Waals surface area (Å²) in [5.74, 6) is -1.73. The predicted octanol–water partition coefficient (Wildman–Crippen LogP) is 5.35. The van der Waals surface area contributed by atoms with Crippen LogP contribution in [-0.4, -0.2) is 21.8 Å². The first-order valence-electron chi connectivity index (χ1n) is 10.3. The van der Waals surface area contributed by atoms with E-state index in [9.17, 15) is 19.1 Å². The van der Waals surface area contributed by atoms with Gasteiger partial charge in [-0.15, -0.1) is 0 Å². The molecule has 2 aromatic carbocycles. The van der Waals surface area contributed by atoms with Gasteiger partial charge in [-0.1, -0.05) is 25.1 Å². The summed E-state index contributed by atoms with van der Waals surface area (Å²) in [6, 6.07) is 11.3. The number of aromatic carboxylic acids is 1. The first-order valence-corrected chi connectivity index (χ1v) is 10.3. The second kappa shape index (κ2) is 8.42. The Morgan fingerprint density at radius 3 is 2.69 bits per heavy atom. The van der Waals surface area contributed by atoms with E-state index in [1.54, 1.807) is 31.2 Å². The third-order valence-corrected chi connectivity index (χ3v) is 5.69. The number of nitrogens with zero attached hydrogens (tertiary/aromatic N) is 1. The molecule has 0 amide bonds. The van der Waals surface area contributed by atoms with Gasteiger partial charge in [0.1, 0.15) is 17.7 Å². The Labute approximate surface area is 185 Å². The first-order chi connectivity index (χ1) is 15.3. The number of ether oxygens (including phenoxy) is 1. The SMILES string of the molecule is Cc1cc2c(c(C(C)Nc3ccccc3C(=O)O)c1)OC(c1cncc(F)c1)C(C)C2=O. The minimum Gasteiger partial charge on any atom is -0.484 e. The van der Waals surface area contributed by atoms with Crippen molar-refractivity contribution < 1.29 is 23.8 Å². The van der Waals surface area contributed by atoms with Crippen LogP contribution >= 0.6 is 0 Å². The number of ketones is 1. The van der Waals surface area contributed by atoms with Gasteiger partial charge in [0.15, 0.2) is 5.78 Å². The summed E-state index contributed by atoms with van der Waals surface area (Å²) in [6.07, 6.45) is 1.92. The lowest BCUT2D eigenvalue weighted by Crippen LogP contribution is -2.31. The number of para-hydroxylation sites is 1. The third kappa shape index (κ3) is 3.93. The number of carbonyl (C=O) groups is 2. The van der Waals surface area contributed by atoms with Crippen molar-refractivity contribution in [3.8, 4) is 5.75 Å². The molecule has 0 saturated heterocycles. The summed E-state index contributed by atoms with van der Waals surface area (Å²) >= 11 is 0. The van der Waals surface area contributed by atoms with Gasteiger partial charge in [0.2, 0.25) is 0 Å². The number of hydrogen-bond donors (Lipinski definition) is 2. The maximum atomic E-state index is 13.8. The van der Waals surface area contributed by atoms with Gasteiger partial charge in [0, 0.05) is 23.0 Å². The number of nitrogens with one attached hydrogen (secondary N) is 1. The van der Waals surface area contributed by atoms with Crippen LogP contribution in [0.4, 0.5) is 10.1 Å². The number of fused-ring (bicyclic) bond motifs is 1. The summed E-state index contributed by atoms with van der Waals surface area (Å²) in [7, 11) is 0. The quantitative estimate of drug-likeness (QED) is 0.563. The van der Waals surface area contributed by atoms with Crippen LogP contribution in [0.25, 0.3) is 0 Å². The maximum absolute atomic E-state index is 13.8. The van der Waals surface area contributed by atoms with Gasteiger partial charge < -0.3 is 15.2 Å². The van der Waals surface area contributed by atoms with Crippen LogP contribution in [0.2, 0.25) is 0 Å². The summed E-state index contributed by atoms with van der Waals surface area (Å²) in [5.41, 5.74) is 3.16. The van der Waals surface area contributed by atoms with Gasteiger partial charge in [-0.05, 0) is 43.7 Å². The number of carboxylic acids is 1. The summed E-state index contributed by atoms with van der Waals surface area (Å²) in [4.78, 5) is 28.7. The minimum atomic E-state index is -1.04. The lowest BCUT2D eigenvalue weighted by molar-refractivity contribution is 0.0680. The number of aryl methyl sites for hydroxylation is 1. The lowest BCUT2D eigenvalue weighted by Gasteiger charge is -2.33. The molecule has 0 radical (unpaired) electrons. The molecule has 2 heterocycles. The Morgan fingerprint density at radius 1 is 1.22 bits per heavy atom. The topological polar surface area (TPSA) is 88.5 Å². The van der Waals surface area contributed by atoms with E-state index in [2.05, 4.69) is 10.3 Å². The van der Waals surface area contributed by atoms with Crippen LogP contribution in [0, 0.1) is 18.7 Å². The minimum absolute atomic E-state index is 0.0939. The van der Waals surface area contributed by atoms with E-state index in [4.69, 9.17) is 4.74 Å². The number of aromatic nitrogens is 1. The second-order valence-electron chi connectivity index (χ2n) is 8.08. The molecule has 0 bridgehead atoms. The van der Waals surface area contributed by atoms with Gasteiger partial charge in [-0.2, -0.15) is 0 Å². The van der Waals surface area contributed by atoms with E-state index in [-0.39, 0.29) is 17.4 Å². The Balaban J connectivity index is 1.75. The molecule has 3 unspecified atom stereocenters. The number of Topliss-reactive ketones (excluding diaryl/α,β-unsaturated/α-hetero) is 1. The highest BCUT2D eigenvalue weighted by atomic mass is 19.1. The van der Waals surface area contributed by atoms with Crippen molar-refractivity contribution in [2.75, 3.05) is 5.32 Å². The molecule has 0 spiro atoms. The van der Waals surface area contributed by atoms with Crippen molar-refractivity contribution in [2.24, 2.45) is 5.92 Å². The number of carboxylic acid groups (broad SMARTS) is 1. The molecule has 0 aliphatic carbocycles. The number of rotatable bonds is 5. The maximum Gasteiger partial charge on any atom is 0.337 e. The smallest absolute Gasteiger partial charge is 0.337 e. The summed E-state index contributed by atoms with van der Waals surface area (Å²) in [5, 5.41) is 12.7. The lowest BCUT2D eigenvalue weighted by atomic mass is 9.85. The standard InChI is InChI=1S/C25H23FN2O4/c1-13-8-19(15(3)28-21-7-5-4-6-18(21)25(30)31)24-20(9-13)22(29)14(2)23(32-24)16-10-17(26)12-27-11-16/h4-12,14-15,23,28H,1-3H3,(H,30,31). The molecular formula is C25H23FN2O4. The molecule has 3 atom stereocenters. The zero-order valence-electron chi connectivity index (χ0n) is 17.9. The van der Waals surface area contributed by atoms with Crippen molar-refractivity contribution in [2.45, 2.75) is 32.9 Å². The monoisotopic (exact) mass is 434 g/mol. The number of pyridine rings is 1. The molecule has 0 fully saturated rings.